The fourth-order valence-electron chi connectivity index (χ4n) is 2.44. The Balaban J connectivity index is 1.39. The summed E-state index contributed by atoms with van der Waals surface area (Å²) in [5.74, 6) is 0.149. The molecule has 0 unspecified atom stereocenters. The second-order valence-corrected chi connectivity index (χ2v) is 6.33. The number of ketones is 1. The van der Waals surface area contributed by atoms with Crippen molar-refractivity contribution in [3.63, 3.8) is 0 Å². The number of rotatable bonds is 5. The van der Waals surface area contributed by atoms with Crippen LogP contribution in [0.1, 0.15) is 20.8 Å². The molecule has 0 saturated heterocycles. The van der Waals surface area contributed by atoms with Gasteiger partial charge in [-0.1, -0.05) is 30.3 Å². The number of fused-ring (bicyclic) bond motifs is 1. The molecule has 130 valence electrons. The second-order valence-electron chi connectivity index (χ2n) is 5.47. The Morgan fingerprint density at radius 1 is 1.08 bits per heavy atom. The van der Waals surface area contributed by atoms with Crippen LogP contribution in [0.15, 0.2) is 53.9 Å². The number of thiazole rings is 1. The lowest BCUT2D eigenvalue weighted by molar-refractivity contribution is 0.0470. The maximum Gasteiger partial charge on any atom is 0.358 e. The van der Waals surface area contributed by atoms with Gasteiger partial charge in [-0.2, -0.15) is 0 Å². The molecule has 0 aliphatic carbocycles. The van der Waals surface area contributed by atoms with Crippen LogP contribution >= 0.6 is 11.3 Å². The highest BCUT2D eigenvalue weighted by Gasteiger charge is 2.19. The molecule has 0 amide bonds. The molecule has 26 heavy (non-hydrogen) atoms. The van der Waals surface area contributed by atoms with Gasteiger partial charge in [-0.15, -0.1) is 11.3 Å². The molecule has 0 saturated carbocycles. The van der Waals surface area contributed by atoms with E-state index in [2.05, 4.69) is 4.98 Å². The molecule has 2 aromatic carbocycles. The first-order valence-electron chi connectivity index (χ1n) is 7.81. The third-order valence-electron chi connectivity index (χ3n) is 3.76. The summed E-state index contributed by atoms with van der Waals surface area (Å²) in [6.07, 6.45) is 0. The van der Waals surface area contributed by atoms with E-state index in [-0.39, 0.29) is 24.9 Å². The van der Waals surface area contributed by atoms with Gasteiger partial charge in [0.25, 0.3) is 0 Å². The van der Waals surface area contributed by atoms with Crippen molar-refractivity contribution in [1.82, 2.24) is 4.98 Å². The third-order valence-corrected chi connectivity index (χ3v) is 4.65. The molecule has 2 heterocycles. The summed E-state index contributed by atoms with van der Waals surface area (Å²) < 4.78 is 15.5. The number of carbonyl (C=O) groups excluding carboxylic acids is 2. The largest absolute Gasteiger partial charge is 0.454 e. The molecule has 1 aliphatic rings. The zero-order valence-corrected chi connectivity index (χ0v) is 14.3. The first-order valence-corrected chi connectivity index (χ1v) is 8.69. The van der Waals surface area contributed by atoms with Gasteiger partial charge < -0.3 is 14.2 Å². The molecule has 3 aromatic rings. The number of hydrogen-bond acceptors (Lipinski definition) is 7. The molecule has 0 radical (unpaired) electrons. The lowest BCUT2D eigenvalue weighted by Crippen LogP contribution is -2.14. The van der Waals surface area contributed by atoms with Gasteiger partial charge in [0.05, 0.1) is 0 Å². The van der Waals surface area contributed by atoms with Crippen LogP contribution in [0.5, 0.6) is 11.5 Å². The van der Waals surface area contributed by atoms with E-state index in [9.17, 15) is 9.59 Å². The second kappa shape index (κ2) is 6.97. The number of ether oxygens (including phenoxy) is 3. The first kappa shape index (κ1) is 16.3. The fourth-order valence-corrected chi connectivity index (χ4v) is 3.23. The van der Waals surface area contributed by atoms with Crippen LogP contribution in [0.25, 0.3) is 10.6 Å². The van der Waals surface area contributed by atoms with E-state index >= 15 is 0 Å². The Hall–Kier alpha value is -3.19. The Bertz CT molecular complexity index is 967. The summed E-state index contributed by atoms with van der Waals surface area (Å²) in [5, 5.41) is 2.34. The van der Waals surface area contributed by atoms with Gasteiger partial charge >= 0.3 is 5.97 Å². The van der Waals surface area contributed by atoms with Crippen molar-refractivity contribution in [2.24, 2.45) is 0 Å². The minimum Gasteiger partial charge on any atom is -0.454 e. The van der Waals surface area contributed by atoms with E-state index in [0.717, 1.165) is 10.6 Å². The first-order chi connectivity index (χ1) is 12.7. The van der Waals surface area contributed by atoms with Crippen molar-refractivity contribution >= 4 is 23.1 Å². The van der Waals surface area contributed by atoms with E-state index < -0.39 is 5.97 Å². The van der Waals surface area contributed by atoms with Gasteiger partial charge in [-0.25, -0.2) is 9.78 Å². The maximum atomic E-state index is 12.2. The molecule has 6 nitrogen and oxygen atoms in total. The van der Waals surface area contributed by atoms with E-state index in [0.29, 0.717) is 17.1 Å². The van der Waals surface area contributed by atoms with Crippen LogP contribution in [-0.2, 0) is 4.74 Å². The molecule has 4 rings (SSSR count). The molecule has 0 bridgehead atoms. The van der Waals surface area contributed by atoms with Gasteiger partial charge in [-0.05, 0) is 18.2 Å². The maximum absolute atomic E-state index is 12.2. The molecular weight excluding hydrogens is 354 g/mol. The van der Waals surface area contributed by atoms with Gasteiger partial charge in [0.1, 0.15) is 5.01 Å². The molecule has 1 aliphatic heterocycles. The van der Waals surface area contributed by atoms with Crippen LogP contribution in [0.3, 0.4) is 0 Å². The standard InChI is InChI=1S/C19H13NO5S/c21-15(13-6-7-16-17(8-13)25-11-24-16)9-23-19(22)14-10-26-18(20-14)12-4-2-1-3-5-12/h1-8,10H,9,11H2. The predicted molar refractivity (Wildman–Crippen MR) is 94.7 cm³/mol. The smallest absolute Gasteiger partial charge is 0.358 e. The normalized spacial score (nSPS) is 12.0. The van der Waals surface area contributed by atoms with Crippen molar-refractivity contribution in [2.75, 3.05) is 13.4 Å². The average Bonchev–Trinajstić information content (AvgIpc) is 3.35. The number of nitrogens with zero attached hydrogens (tertiary/aromatic N) is 1. The Morgan fingerprint density at radius 2 is 1.88 bits per heavy atom. The summed E-state index contributed by atoms with van der Waals surface area (Å²) in [4.78, 5) is 28.6. The van der Waals surface area contributed by atoms with Crippen LogP contribution in [0.4, 0.5) is 0 Å². The minimum absolute atomic E-state index is 0.134. The highest BCUT2D eigenvalue weighted by molar-refractivity contribution is 7.13. The summed E-state index contributed by atoms with van der Waals surface area (Å²) in [5.41, 5.74) is 1.51. The molecule has 0 N–H and O–H groups in total. The van der Waals surface area contributed by atoms with Gasteiger partial charge in [0.15, 0.2) is 29.6 Å². The van der Waals surface area contributed by atoms with Crippen LogP contribution < -0.4 is 9.47 Å². The summed E-state index contributed by atoms with van der Waals surface area (Å²) in [6, 6.07) is 14.4. The number of Topliss-reactive ketones (excluding diaryl/α,β-unsaturated/α-hetero) is 1. The van der Waals surface area contributed by atoms with Crippen molar-refractivity contribution in [2.45, 2.75) is 0 Å². The van der Waals surface area contributed by atoms with Gasteiger partial charge in [0.2, 0.25) is 6.79 Å². The van der Waals surface area contributed by atoms with E-state index in [1.165, 1.54) is 11.3 Å². The molecule has 0 fully saturated rings. The van der Waals surface area contributed by atoms with E-state index in [4.69, 9.17) is 14.2 Å². The van der Waals surface area contributed by atoms with Crippen molar-refractivity contribution in [3.05, 3.63) is 65.2 Å². The molecule has 7 heteroatoms. The number of hydrogen-bond donors (Lipinski definition) is 0. The minimum atomic E-state index is -0.627. The number of aromatic nitrogens is 1. The lowest BCUT2D eigenvalue weighted by Gasteiger charge is -2.04. The Morgan fingerprint density at radius 3 is 2.73 bits per heavy atom. The van der Waals surface area contributed by atoms with Gasteiger partial charge in [-0.3, -0.25) is 4.79 Å². The summed E-state index contributed by atoms with van der Waals surface area (Å²) >= 11 is 1.35. The van der Waals surface area contributed by atoms with Crippen molar-refractivity contribution in [1.29, 1.82) is 0 Å². The highest BCUT2D eigenvalue weighted by Crippen LogP contribution is 2.32. The molecule has 0 atom stereocenters. The third kappa shape index (κ3) is 3.29. The van der Waals surface area contributed by atoms with Crippen molar-refractivity contribution < 1.29 is 23.8 Å². The summed E-state index contributed by atoms with van der Waals surface area (Å²) in [7, 11) is 0. The summed E-state index contributed by atoms with van der Waals surface area (Å²) in [6.45, 7) is -0.230. The monoisotopic (exact) mass is 367 g/mol. The van der Waals surface area contributed by atoms with Crippen LogP contribution in [0, 0.1) is 0 Å². The number of carbonyl (C=O) groups is 2. The Kier molecular flexibility index (Phi) is 4.37. The average molecular weight is 367 g/mol. The predicted octanol–water partition coefficient (Wildman–Crippen LogP) is 3.58. The topological polar surface area (TPSA) is 74.7 Å². The zero-order valence-electron chi connectivity index (χ0n) is 13.5. The number of esters is 1. The molecule has 0 spiro atoms. The van der Waals surface area contributed by atoms with Crippen LogP contribution in [0.2, 0.25) is 0 Å². The molecule has 1 aromatic heterocycles. The van der Waals surface area contributed by atoms with Gasteiger partial charge in [0, 0.05) is 16.5 Å². The highest BCUT2D eigenvalue weighted by atomic mass is 32.1. The SMILES string of the molecule is O=C(COC(=O)c1csc(-c2ccccc2)n1)c1ccc2c(c1)OCO2. The molecular formula is C19H13NO5S. The number of benzene rings is 2. The van der Waals surface area contributed by atoms with Crippen LogP contribution in [-0.4, -0.2) is 30.1 Å². The Labute approximate surface area is 153 Å². The van der Waals surface area contributed by atoms with E-state index in [1.54, 1.807) is 23.6 Å². The van der Waals surface area contributed by atoms with E-state index in [1.807, 2.05) is 30.3 Å². The fraction of sp³-hybridized carbons (Fsp3) is 0.105. The van der Waals surface area contributed by atoms with Crippen molar-refractivity contribution in [3.8, 4) is 22.1 Å². The zero-order chi connectivity index (χ0) is 17.9. The lowest BCUT2D eigenvalue weighted by atomic mass is 10.1. The quantitative estimate of drug-likeness (QED) is 0.507.